The SMILES string of the molecule is O=C(CCc1cccc(Oc2ccc(F)cc2)c1)Nc1cccnc1Cl. The molecule has 3 rings (SSSR count). The summed E-state index contributed by atoms with van der Waals surface area (Å²) in [5, 5.41) is 3.00. The number of anilines is 1. The summed E-state index contributed by atoms with van der Waals surface area (Å²) in [6.45, 7) is 0. The van der Waals surface area contributed by atoms with E-state index in [2.05, 4.69) is 10.3 Å². The Bertz CT molecular complexity index is 900. The summed E-state index contributed by atoms with van der Waals surface area (Å²) in [4.78, 5) is 16.0. The Morgan fingerprint density at radius 2 is 1.88 bits per heavy atom. The van der Waals surface area contributed by atoms with Crippen molar-refractivity contribution in [2.75, 3.05) is 5.32 Å². The molecule has 132 valence electrons. The van der Waals surface area contributed by atoms with Gasteiger partial charge in [-0.1, -0.05) is 23.7 Å². The number of benzene rings is 2. The molecule has 1 heterocycles. The highest BCUT2D eigenvalue weighted by molar-refractivity contribution is 6.32. The highest BCUT2D eigenvalue weighted by atomic mass is 35.5. The van der Waals surface area contributed by atoms with Crippen LogP contribution in [0, 0.1) is 5.82 Å². The molecule has 0 spiro atoms. The number of nitrogens with one attached hydrogen (secondary N) is 1. The Balaban J connectivity index is 1.57. The van der Waals surface area contributed by atoms with Gasteiger partial charge in [0.25, 0.3) is 0 Å². The monoisotopic (exact) mass is 370 g/mol. The molecule has 6 heteroatoms. The number of rotatable bonds is 6. The van der Waals surface area contributed by atoms with Gasteiger partial charge in [0.15, 0.2) is 5.15 Å². The fraction of sp³-hybridized carbons (Fsp3) is 0.100. The molecule has 1 N–H and O–H groups in total. The van der Waals surface area contributed by atoms with Crippen molar-refractivity contribution in [2.24, 2.45) is 0 Å². The maximum absolute atomic E-state index is 12.9. The van der Waals surface area contributed by atoms with Crippen molar-refractivity contribution in [2.45, 2.75) is 12.8 Å². The van der Waals surface area contributed by atoms with Crippen molar-refractivity contribution in [3.05, 3.63) is 83.4 Å². The van der Waals surface area contributed by atoms with Crippen LogP contribution in [-0.2, 0) is 11.2 Å². The molecule has 4 nitrogen and oxygen atoms in total. The molecule has 26 heavy (non-hydrogen) atoms. The highest BCUT2D eigenvalue weighted by Gasteiger charge is 2.07. The van der Waals surface area contributed by atoms with Gasteiger partial charge in [0.05, 0.1) is 5.69 Å². The van der Waals surface area contributed by atoms with Crippen LogP contribution < -0.4 is 10.1 Å². The Kier molecular flexibility index (Phi) is 5.81. The van der Waals surface area contributed by atoms with E-state index < -0.39 is 0 Å². The second-order valence-electron chi connectivity index (χ2n) is 5.59. The van der Waals surface area contributed by atoms with E-state index in [-0.39, 0.29) is 16.9 Å². The number of hydrogen-bond donors (Lipinski definition) is 1. The number of carbonyl (C=O) groups excluding carboxylic acids is 1. The van der Waals surface area contributed by atoms with Crippen molar-refractivity contribution in [3.8, 4) is 11.5 Å². The first-order valence-corrected chi connectivity index (χ1v) is 8.41. The van der Waals surface area contributed by atoms with Crippen LogP contribution in [0.3, 0.4) is 0 Å². The van der Waals surface area contributed by atoms with Crippen molar-refractivity contribution in [3.63, 3.8) is 0 Å². The summed E-state index contributed by atoms with van der Waals surface area (Å²) in [7, 11) is 0. The van der Waals surface area contributed by atoms with Gasteiger partial charge in [-0.3, -0.25) is 4.79 Å². The molecule has 0 saturated carbocycles. The molecular formula is C20H16ClFN2O2. The fourth-order valence-corrected chi connectivity index (χ4v) is 2.52. The molecule has 0 fully saturated rings. The summed E-state index contributed by atoms with van der Waals surface area (Å²) in [6, 6.07) is 16.6. The lowest BCUT2D eigenvalue weighted by molar-refractivity contribution is -0.116. The molecule has 0 aliphatic carbocycles. The van der Waals surface area contributed by atoms with E-state index in [9.17, 15) is 9.18 Å². The predicted molar refractivity (Wildman–Crippen MR) is 99.1 cm³/mol. The van der Waals surface area contributed by atoms with Crippen LogP contribution in [0.25, 0.3) is 0 Å². The van der Waals surface area contributed by atoms with E-state index in [4.69, 9.17) is 16.3 Å². The van der Waals surface area contributed by atoms with Gasteiger partial charge in [-0.15, -0.1) is 0 Å². The number of amides is 1. The highest BCUT2D eigenvalue weighted by Crippen LogP contribution is 2.23. The smallest absolute Gasteiger partial charge is 0.224 e. The molecular weight excluding hydrogens is 355 g/mol. The van der Waals surface area contributed by atoms with Crippen molar-refractivity contribution in [1.82, 2.24) is 4.98 Å². The van der Waals surface area contributed by atoms with E-state index in [0.717, 1.165) is 5.56 Å². The number of nitrogens with zero attached hydrogens (tertiary/aromatic N) is 1. The maximum atomic E-state index is 12.9. The van der Waals surface area contributed by atoms with Gasteiger partial charge in [-0.05, 0) is 60.5 Å². The molecule has 0 atom stereocenters. The average Bonchev–Trinajstić information content (AvgIpc) is 2.64. The first-order chi connectivity index (χ1) is 12.6. The molecule has 1 aromatic heterocycles. The van der Waals surface area contributed by atoms with Gasteiger partial charge in [0.1, 0.15) is 17.3 Å². The summed E-state index contributed by atoms with van der Waals surface area (Å²) in [5.74, 6) is 0.716. The summed E-state index contributed by atoms with van der Waals surface area (Å²) in [6.07, 6.45) is 2.40. The third-order valence-corrected chi connectivity index (χ3v) is 3.92. The zero-order valence-corrected chi connectivity index (χ0v) is 14.5. The van der Waals surface area contributed by atoms with Crippen LogP contribution >= 0.6 is 11.6 Å². The summed E-state index contributed by atoms with van der Waals surface area (Å²) >= 11 is 5.93. The lowest BCUT2D eigenvalue weighted by Crippen LogP contribution is -2.12. The third-order valence-electron chi connectivity index (χ3n) is 3.62. The first-order valence-electron chi connectivity index (χ1n) is 8.03. The van der Waals surface area contributed by atoms with E-state index in [0.29, 0.717) is 30.0 Å². The van der Waals surface area contributed by atoms with Crippen LogP contribution in [0.4, 0.5) is 10.1 Å². The molecule has 0 unspecified atom stereocenters. The Hall–Kier alpha value is -2.92. The largest absolute Gasteiger partial charge is 0.457 e. The molecule has 1 amide bonds. The zero-order valence-electron chi connectivity index (χ0n) is 13.8. The number of ether oxygens (including phenoxy) is 1. The minimum Gasteiger partial charge on any atom is -0.457 e. The van der Waals surface area contributed by atoms with E-state index in [1.54, 1.807) is 30.5 Å². The van der Waals surface area contributed by atoms with Gasteiger partial charge in [-0.25, -0.2) is 9.37 Å². The Morgan fingerprint density at radius 1 is 1.08 bits per heavy atom. The Morgan fingerprint density at radius 3 is 2.65 bits per heavy atom. The fourth-order valence-electron chi connectivity index (χ4n) is 2.35. The van der Waals surface area contributed by atoms with Crippen LogP contribution in [0.1, 0.15) is 12.0 Å². The van der Waals surface area contributed by atoms with Crippen molar-refractivity contribution < 1.29 is 13.9 Å². The summed E-state index contributed by atoms with van der Waals surface area (Å²) < 4.78 is 18.6. The van der Waals surface area contributed by atoms with Gasteiger partial charge >= 0.3 is 0 Å². The number of aromatic nitrogens is 1. The second kappa shape index (κ2) is 8.45. The standard InChI is InChI=1S/C20H16ClFN2O2/c21-20-18(5-2-12-23-20)24-19(25)11-6-14-3-1-4-17(13-14)26-16-9-7-15(22)8-10-16/h1-5,7-10,12-13H,6,11H2,(H,24,25). The minimum atomic E-state index is -0.314. The lowest BCUT2D eigenvalue weighted by Gasteiger charge is -2.09. The van der Waals surface area contributed by atoms with E-state index in [1.165, 1.54) is 12.1 Å². The van der Waals surface area contributed by atoms with Gasteiger partial charge < -0.3 is 10.1 Å². The molecule has 2 aromatic carbocycles. The van der Waals surface area contributed by atoms with Crippen molar-refractivity contribution >= 4 is 23.2 Å². The normalized spacial score (nSPS) is 10.4. The third kappa shape index (κ3) is 5.04. The van der Waals surface area contributed by atoms with E-state index >= 15 is 0 Å². The first kappa shape index (κ1) is 17.9. The van der Waals surface area contributed by atoms with Crippen LogP contribution in [-0.4, -0.2) is 10.9 Å². The average molecular weight is 371 g/mol. The molecule has 0 aliphatic heterocycles. The number of carbonyl (C=O) groups is 1. The molecule has 0 aliphatic rings. The number of hydrogen-bond acceptors (Lipinski definition) is 3. The van der Waals surface area contributed by atoms with E-state index in [1.807, 2.05) is 24.3 Å². The van der Waals surface area contributed by atoms with Crippen LogP contribution in [0.2, 0.25) is 5.15 Å². The van der Waals surface area contributed by atoms with Crippen LogP contribution in [0.5, 0.6) is 11.5 Å². The number of aryl methyl sites for hydroxylation is 1. The van der Waals surface area contributed by atoms with Crippen molar-refractivity contribution in [1.29, 1.82) is 0 Å². The molecule has 3 aromatic rings. The van der Waals surface area contributed by atoms with Gasteiger partial charge in [0.2, 0.25) is 5.91 Å². The van der Waals surface area contributed by atoms with Gasteiger partial charge in [-0.2, -0.15) is 0 Å². The quantitative estimate of drug-likeness (QED) is 0.604. The second-order valence-corrected chi connectivity index (χ2v) is 5.95. The lowest BCUT2D eigenvalue weighted by atomic mass is 10.1. The number of halogens is 2. The van der Waals surface area contributed by atoms with Crippen LogP contribution in [0.15, 0.2) is 66.9 Å². The molecule has 0 saturated heterocycles. The maximum Gasteiger partial charge on any atom is 0.224 e. The predicted octanol–water partition coefficient (Wildman–Crippen LogP) is 5.24. The summed E-state index contributed by atoms with van der Waals surface area (Å²) in [5.41, 5.74) is 1.45. The minimum absolute atomic E-state index is 0.148. The zero-order chi connectivity index (χ0) is 18.4. The molecule has 0 radical (unpaired) electrons. The Labute approximate surface area is 155 Å². The topological polar surface area (TPSA) is 51.2 Å². The number of pyridine rings is 1. The van der Waals surface area contributed by atoms with Gasteiger partial charge in [0, 0.05) is 12.6 Å². The molecule has 0 bridgehead atoms.